The molecule has 3 rings (SSSR count). The van der Waals surface area contributed by atoms with Gasteiger partial charge in [-0.25, -0.2) is 4.79 Å². The molecule has 102 valence electrons. The molecule has 1 aromatic rings. The van der Waals surface area contributed by atoms with Crippen LogP contribution in [0.15, 0.2) is 24.3 Å². The van der Waals surface area contributed by atoms with Gasteiger partial charge in [0.1, 0.15) is 0 Å². The van der Waals surface area contributed by atoms with Gasteiger partial charge in [0, 0.05) is 12.1 Å². The van der Waals surface area contributed by atoms with Gasteiger partial charge in [-0.3, -0.25) is 0 Å². The Kier molecular flexibility index (Phi) is 3.72. The Morgan fingerprint density at radius 1 is 0.895 bits per heavy atom. The fraction of sp³-hybridized carbons (Fsp3) is 0.562. The fourth-order valence-electron chi connectivity index (χ4n) is 3.32. The first-order valence-electron chi connectivity index (χ1n) is 7.45. The van der Waals surface area contributed by atoms with Crippen molar-refractivity contribution in [2.45, 2.75) is 57.0 Å². The Bertz CT molecular complexity index is 427. The van der Waals surface area contributed by atoms with Crippen LogP contribution in [0.3, 0.4) is 0 Å². The van der Waals surface area contributed by atoms with E-state index in [0.29, 0.717) is 6.04 Å². The molecule has 2 aliphatic rings. The standard InChI is InChI=1S/C16H22N2O/c19-16(17-14-8-2-1-3-9-14)18-15-10-12-6-4-5-7-13(12)11-15/h4-7,14-15H,1-3,8-11H2,(H2,17,18,19). The number of carbonyl (C=O) groups excluding carboxylic acids is 1. The first-order valence-corrected chi connectivity index (χ1v) is 7.45. The van der Waals surface area contributed by atoms with E-state index >= 15 is 0 Å². The van der Waals surface area contributed by atoms with Crippen molar-refractivity contribution in [3.8, 4) is 0 Å². The van der Waals surface area contributed by atoms with Gasteiger partial charge in [-0.1, -0.05) is 43.5 Å². The Hall–Kier alpha value is -1.51. The van der Waals surface area contributed by atoms with Gasteiger partial charge in [0.15, 0.2) is 0 Å². The molecule has 0 unspecified atom stereocenters. The van der Waals surface area contributed by atoms with Crippen LogP contribution in [-0.4, -0.2) is 18.1 Å². The van der Waals surface area contributed by atoms with Crippen molar-refractivity contribution < 1.29 is 4.79 Å². The van der Waals surface area contributed by atoms with Crippen molar-refractivity contribution in [1.29, 1.82) is 0 Å². The van der Waals surface area contributed by atoms with Crippen LogP contribution in [0.1, 0.15) is 43.2 Å². The van der Waals surface area contributed by atoms with Crippen LogP contribution in [0.5, 0.6) is 0 Å². The average molecular weight is 258 g/mol. The molecule has 0 bridgehead atoms. The maximum absolute atomic E-state index is 12.0. The summed E-state index contributed by atoms with van der Waals surface area (Å²) in [6.07, 6.45) is 8.02. The quantitative estimate of drug-likeness (QED) is 0.841. The highest BCUT2D eigenvalue weighted by Crippen LogP contribution is 2.22. The van der Waals surface area contributed by atoms with E-state index in [1.54, 1.807) is 0 Å². The molecule has 2 amide bonds. The fourth-order valence-corrected chi connectivity index (χ4v) is 3.32. The van der Waals surface area contributed by atoms with Gasteiger partial charge in [0.25, 0.3) is 0 Å². The maximum atomic E-state index is 12.0. The zero-order valence-corrected chi connectivity index (χ0v) is 11.3. The summed E-state index contributed by atoms with van der Waals surface area (Å²) in [6, 6.07) is 9.14. The SMILES string of the molecule is O=C(NC1CCCCC1)NC1Cc2ccccc2C1. The molecule has 3 nitrogen and oxygen atoms in total. The number of hydrogen-bond acceptors (Lipinski definition) is 1. The average Bonchev–Trinajstić information content (AvgIpc) is 2.81. The maximum Gasteiger partial charge on any atom is 0.315 e. The van der Waals surface area contributed by atoms with Crippen LogP contribution in [0, 0.1) is 0 Å². The van der Waals surface area contributed by atoms with Gasteiger partial charge in [0.2, 0.25) is 0 Å². The zero-order chi connectivity index (χ0) is 13.1. The van der Waals surface area contributed by atoms with Crippen molar-refractivity contribution in [3.63, 3.8) is 0 Å². The number of carbonyl (C=O) groups is 1. The molecule has 0 saturated heterocycles. The Morgan fingerprint density at radius 2 is 1.47 bits per heavy atom. The molecular formula is C16H22N2O. The van der Waals surface area contributed by atoms with Crippen LogP contribution in [0.2, 0.25) is 0 Å². The lowest BCUT2D eigenvalue weighted by molar-refractivity contribution is 0.229. The monoisotopic (exact) mass is 258 g/mol. The summed E-state index contributed by atoms with van der Waals surface area (Å²) in [5, 5.41) is 6.25. The molecule has 2 N–H and O–H groups in total. The molecule has 19 heavy (non-hydrogen) atoms. The highest BCUT2D eigenvalue weighted by atomic mass is 16.2. The first kappa shape index (κ1) is 12.5. The summed E-state index contributed by atoms with van der Waals surface area (Å²) in [6.45, 7) is 0. The van der Waals surface area contributed by atoms with E-state index in [-0.39, 0.29) is 12.1 Å². The van der Waals surface area contributed by atoms with E-state index in [1.807, 2.05) is 0 Å². The third-order valence-electron chi connectivity index (χ3n) is 4.33. The summed E-state index contributed by atoms with van der Waals surface area (Å²) >= 11 is 0. The van der Waals surface area contributed by atoms with Crippen molar-refractivity contribution in [3.05, 3.63) is 35.4 Å². The Labute approximate surface area is 114 Å². The van der Waals surface area contributed by atoms with E-state index in [0.717, 1.165) is 25.7 Å². The number of nitrogens with one attached hydrogen (secondary N) is 2. The zero-order valence-electron chi connectivity index (χ0n) is 11.3. The molecule has 0 heterocycles. The second kappa shape index (κ2) is 5.64. The van der Waals surface area contributed by atoms with Crippen LogP contribution in [-0.2, 0) is 12.8 Å². The molecule has 3 heteroatoms. The Morgan fingerprint density at radius 3 is 2.11 bits per heavy atom. The third-order valence-corrected chi connectivity index (χ3v) is 4.33. The second-order valence-corrected chi connectivity index (χ2v) is 5.83. The highest BCUT2D eigenvalue weighted by molar-refractivity contribution is 5.74. The lowest BCUT2D eigenvalue weighted by Crippen LogP contribution is -2.47. The molecule has 1 aromatic carbocycles. The predicted molar refractivity (Wildman–Crippen MR) is 76.2 cm³/mol. The molecule has 1 fully saturated rings. The molecule has 0 atom stereocenters. The summed E-state index contributed by atoms with van der Waals surface area (Å²) in [5.41, 5.74) is 2.76. The molecule has 0 spiro atoms. The Balaban J connectivity index is 1.49. The van der Waals surface area contributed by atoms with Crippen molar-refractivity contribution >= 4 is 6.03 Å². The van der Waals surface area contributed by atoms with Gasteiger partial charge in [-0.2, -0.15) is 0 Å². The number of amides is 2. The molecule has 0 aromatic heterocycles. The molecule has 0 aliphatic heterocycles. The van der Waals surface area contributed by atoms with E-state index in [9.17, 15) is 4.79 Å². The summed E-state index contributed by atoms with van der Waals surface area (Å²) in [7, 11) is 0. The van der Waals surface area contributed by atoms with E-state index in [2.05, 4.69) is 34.9 Å². The number of hydrogen-bond donors (Lipinski definition) is 2. The first-order chi connectivity index (χ1) is 9.31. The van der Waals surface area contributed by atoms with Crippen molar-refractivity contribution in [2.75, 3.05) is 0 Å². The van der Waals surface area contributed by atoms with Gasteiger partial charge >= 0.3 is 6.03 Å². The summed E-state index contributed by atoms with van der Waals surface area (Å²) in [4.78, 5) is 12.0. The van der Waals surface area contributed by atoms with Crippen LogP contribution >= 0.6 is 0 Å². The number of fused-ring (bicyclic) bond motifs is 1. The number of benzene rings is 1. The largest absolute Gasteiger partial charge is 0.335 e. The van der Waals surface area contributed by atoms with E-state index in [4.69, 9.17) is 0 Å². The molecule has 1 saturated carbocycles. The lowest BCUT2D eigenvalue weighted by Gasteiger charge is -2.24. The van der Waals surface area contributed by atoms with Gasteiger partial charge in [0.05, 0.1) is 0 Å². The van der Waals surface area contributed by atoms with E-state index in [1.165, 1.54) is 30.4 Å². The third kappa shape index (κ3) is 3.09. The van der Waals surface area contributed by atoms with E-state index < -0.39 is 0 Å². The molecular weight excluding hydrogens is 236 g/mol. The van der Waals surface area contributed by atoms with Gasteiger partial charge < -0.3 is 10.6 Å². The number of urea groups is 1. The minimum absolute atomic E-state index is 0.0182. The topological polar surface area (TPSA) is 41.1 Å². The van der Waals surface area contributed by atoms with Crippen LogP contribution < -0.4 is 10.6 Å². The lowest BCUT2D eigenvalue weighted by atomic mass is 9.96. The minimum Gasteiger partial charge on any atom is -0.335 e. The van der Waals surface area contributed by atoms with Crippen molar-refractivity contribution in [1.82, 2.24) is 10.6 Å². The molecule has 0 radical (unpaired) electrons. The van der Waals surface area contributed by atoms with Gasteiger partial charge in [-0.15, -0.1) is 0 Å². The van der Waals surface area contributed by atoms with Crippen LogP contribution in [0.25, 0.3) is 0 Å². The predicted octanol–water partition coefficient (Wildman–Crippen LogP) is 2.79. The van der Waals surface area contributed by atoms with Gasteiger partial charge in [-0.05, 0) is 36.8 Å². The smallest absolute Gasteiger partial charge is 0.315 e. The summed E-state index contributed by atoms with van der Waals surface area (Å²) < 4.78 is 0. The number of rotatable bonds is 2. The summed E-state index contributed by atoms with van der Waals surface area (Å²) in [5.74, 6) is 0. The van der Waals surface area contributed by atoms with Crippen LogP contribution in [0.4, 0.5) is 4.79 Å². The second-order valence-electron chi connectivity index (χ2n) is 5.83. The normalized spacial score (nSPS) is 20.0. The minimum atomic E-state index is 0.0182. The molecule has 2 aliphatic carbocycles. The highest BCUT2D eigenvalue weighted by Gasteiger charge is 2.23. The van der Waals surface area contributed by atoms with Crippen molar-refractivity contribution in [2.24, 2.45) is 0 Å².